The van der Waals surface area contributed by atoms with E-state index in [4.69, 9.17) is 5.73 Å². The van der Waals surface area contributed by atoms with Gasteiger partial charge in [0.25, 0.3) is 0 Å². The van der Waals surface area contributed by atoms with Gasteiger partial charge in [0.2, 0.25) is 0 Å². The molecular weight excluding hydrogens is 246 g/mol. The molecule has 0 aliphatic rings. The largest absolute Gasteiger partial charge is 0.374 e. The Labute approximate surface area is 121 Å². The molecule has 3 heteroatoms. The van der Waals surface area contributed by atoms with Crippen molar-refractivity contribution in [2.24, 2.45) is 5.73 Å². The van der Waals surface area contributed by atoms with E-state index in [1.807, 2.05) is 12.4 Å². The molecule has 0 saturated heterocycles. The zero-order valence-electron chi connectivity index (χ0n) is 12.3. The fraction of sp³-hybridized carbons (Fsp3) is 0.353. The maximum atomic E-state index is 5.61. The molecule has 0 aliphatic carbocycles. The van der Waals surface area contributed by atoms with Crippen molar-refractivity contribution in [1.29, 1.82) is 0 Å². The van der Waals surface area contributed by atoms with Crippen LogP contribution in [0.2, 0.25) is 0 Å². The van der Waals surface area contributed by atoms with Crippen LogP contribution in [0.1, 0.15) is 16.7 Å². The lowest BCUT2D eigenvalue weighted by atomic mass is 10.1. The van der Waals surface area contributed by atoms with Crippen molar-refractivity contribution < 1.29 is 0 Å². The molecule has 0 fully saturated rings. The highest BCUT2D eigenvalue weighted by Gasteiger charge is 2.05. The van der Waals surface area contributed by atoms with Crippen LogP contribution >= 0.6 is 0 Å². The molecule has 0 atom stereocenters. The second-order valence-electron chi connectivity index (χ2n) is 5.19. The summed E-state index contributed by atoms with van der Waals surface area (Å²) in [5, 5.41) is 0. The first-order valence-electron chi connectivity index (χ1n) is 7.10. The van der Waals surface area contributed by atoms with Gasteiger partial charge in [0.15, 0.2) is 0 Å². The molecule has 2 N–H and O–H groups in total. The predicted molar refractivity (Wildman–Crippen MR) is 85.1 cm³/mol. The van der Waals surface area contributed by atoms with Gasteiger partial charge < -0.3 is 10.6 Å². The number of aryl methyl sites for hydroxylation is 1. The second kappa shape index (κ2) is 7.06. The first-order chi connectivity index (χ1) is 9.70. The van der Waals surface area contributed by atoms with Gasteiger partial charge in [-0.1, -0.05) is 12.1 Å². The number of nitrogens with zero attached hydrogens (tertiary/aromatic N) is 2. The Balaban J connectivity index is 2.00. The number of hydrogen-bond donors (Lipinski definition) is 1. The van der Waals surface area contributed by atoms with E-state index >= 15 is 0 Å². The van der Waals surface area contributed by atoms with Crippen LogP contribution in [0.15, 0.2) is 42.7 Å². The summed E-state index contributed by atoms with van der Waals surface area (Å²) in [6, 6.07) is 10.8. The van der Waals surface area contributed by atoms with Crippen LogP contribution in [0.4, 0.5) is 5.69 Å². The Morgan fingerprint density at radius 1 is 1.05 bits per heavy atom. The number of pyridine rings is 1. The van der Waals surface area contributed by atoms with Crippen LogP contribution in [0, 0.1) is 6.92 Å². The van der Waals surface area contributed by atoms with E-state index in [1.54, 1.807) is 0 Å². The number of nitrogens with two attached hydrogens (primary N) is 1. The van der Waals surface area contributed by atoms with Gasteiger partial charge in [0.05, 0.1) is 0 Å². The van der Waals surface area contributed by atoms with E-state index in [2.05, 4.69) is 54.2 Å². The number of likely N-dealkylation sites (N-methyl/N-ethyl adjacent to an activating group) is 1. The lowest BCUT2D eigenvalue weighted by Crippen LogP contribution is -2.21. The maximum absolute atomic E-state index is 5.61. The highest BCUT2D eigenvalue weighted by atomic mass is 15.1. The van der Waals surface area contributed by atoms with Crippen molar-refractivity contribution in [2.45, 2.75) is 19.8 Å². The highest BCUT2D eigenvalue weighted by Crippen LogP contribution is 2.20. The van der Waals surface area contributed by atoms with E-state index in [0.717, 1.165) is 19.4 Å². The van der Waals surface area contributed by atoms with Gasteiger partial charge in [-0.15, -0.1) is 0 Å². The van der Waals surface area contributed by atoms with Crippen molar-refractivity contribution in [3.63, 3.8) is 0 Å². The molecule has 0 radical (unpaired) electrons. The Bertz CT molecular complexity index is 537. The zero-order chi connectivity index (χ0) is 14.4. The van der Waals surface area contributed by atoms with E-state index in [0.29, 0.717) is 6.54 Å². The van der Waals surface area contributed by atoms with Gasteiger partial charge >= 0.3 is 0 Å². The Morgan fingerprint density at radius 3 is 2.45 bits per heavy atom. The normalized spacial score (nSPS) is 10.6. The summed E-state index contributed by atoms with van der Waals surface area (Å²) in [5.74, 6) is 0. The molecule has 0 saturated carbocycles. The number of benzene rings is 1. The Hall–Kier alpha value is -1.87. The number of hydrogen-bond acceptors (Lipinski definition) is 3. The second-order valence-corrected chi connectivity index (χ2v) is 5.19. The van der Waals surface area contributed by atoms with Crippen LogP contribution in [-0.2, 0) is 12.8 Å². The van der Waals surface area contributed by atoms with Gasteiger partial charge in [-0.3, -0.25) is 4.98 Å². The summed E-state index contributed by atoms with van der Waals surface area (Å²) in [6.45, 7) is 3.87. The minimum Gasteiger partial charge on any atom is -0.374 e. The molecule has 3 nitrogen and oxygen atoms in total. The topological polar surface area (TPSA) is 42.1 Å². The summed E-state index contributed by atoms with van der Waals surface area (Å²) in [4.78, 5) is 6.36. The quantitative estimate of drug-likeness (QED) is 0.876. The summed E-state index contributed by atoms with van der Waals surface area (Å²) in [7, 11) is 2.14. The van der Waals surface area contributed by atoms with E-state index in [-0.39, 0.29) is 0 Å². The third-order valence-electron chi connectivity index (χ3n) is 3.59. The maximum Gasteiger partial charge on any atom is 0.0393 e. The number of rotatable bonds is 6. The molecule has 106 valence electrons. The number of anilines is 1. The van der Waals surface area contributed by atoms with E-state index in [1.165, 1.54) is 22.4 Å². The summed E-state index contributed by atoms with van der Waals surface area (Å²) < 4.78 is 0. The molecule has 20 heavy (non-hydrogen) atoms. The van der Waals surface area contributed by atoms with Crippen LogP contribution in [-0.4, -0.2) is 25.1 Å². The fourth-order valence-corrected chi connectivity index (χ4v) is 2.43. The van der Waals surface area contributed by atoms with Gasteiger partial charge in [0.1, 0.15) is 0 Å². The Morgan fingerprint density at radius 2 is 1.80 bits per heavy atom. The lowest BCUT2D eigenvalue weighted by Gasteiger charge is -2.22. The monoisotopic (exact) mass is 269 g/mol. The molecule has 0 bridgehead atoms. The van der Waals surface area contributed by atoms with Gasteiger partial charge in [0, 0.05) is 31.7 Å². The van der Waals surface area contributed by atoms with Crippen molar-refractivity contribution >= 4 is 5.69 Å². The standard InChI is InChI=1S/C17H23N3/c1-14-13-16(5-9-18)3-4-17(14)20(2)12-8-15-6-10-19-11-7-15/h3-4,6-7,10-11,13H,5,8-9,12,18H2,1-2H3. The average molecular weight is 269 g/mol. The third kappa shape index (κ3) is 3.81. The van der Waals surface area contributed by atoms with E-state index < -0.39 is 0 Å². The molecule has 2 rings (SSSR count). The first-order valence-corrected chi connectivity index (χ1v) is 7.10. The van der Waals surface area contributed by atoms with E-state index in [9.17, 15) is 0 Å². The SMILES string of the molecule is Cc1cc(CCN)ccc1N(C)CCc1ccncc1. The minimum atomic E-state index is 0.705. The third-order valence-corrected chi connectivity index (χ3v) is 3.59. The molecule has 2 aromatic rings. The Kier molecular flexibility index (Phi) is 5.13. The minimum absolute atomic E-state index is 0.705. The van der Waals surface area contributed by atoms with Gasteiger partial charge in [-0.2, -0.15) is 0 Å². The van der Waals surface area contributed by atoms with Crippen LogP contribution in [0.3, 0.4) is 0 Å². The summed E-state index contributed by atoms with van der Waals surface area (Å²) in [6.07, 6.45) is 5.68. The van der Waals surface area contributed by atoms with Crippen molar-refractivity contribution in [2.75, 3.05) is 25.0 Å². The summed E-state index contributed by atoms with van der Waals surface area (Å²) >= 11 is 0. The molecule has 0 amide bonds. The highest BCUT2D eigenvalue weighted by molar-refractivity contribution is 5.54. The van der Waals surface area contributed by atoms with Crippen molar-refractivity contribution in [1.82, 2.24) is 4.98 Å². The molecular formula is C17H23N3. The van der Waals surface area contributed by atoms with Gasteiger partial charge in [-0.05, 0) is 61.2 Å². The van der Waals surface area contributed by atoms with Crippen LogP contribution < -0.4 is 10.6 Å². The molecule has 0 aliphatic heterocycles. The number of aromatic nitrogens is 1. The van der Waals surface area contributed by atoms with Gasteiger partial charge in [-0.25, -0.2) is 0 Å². The van der Waals surface area contributed by atoms with Crippen molar-refractivity contribution in [3.05, 3.63) is 59.4 Å². The molecule has 1 aromatic carbocycles. The smallest absolute Gasteiger partial charge is 0.0393 e. The molecule has 0 spiro atoms. The van der Waals surface area contributed by atoms with Crippen LogP contribution in [0.5, 0.6) is 0 Å². The fourth-order valence-electron chi connectivity index (χ4n) is 2.43. The van der Waals surface area contributed by atoms with Crippen molar-refractivity contribution in [3.8, 4) is 0 Å². The summed E-state index contributed by atoms with van der Waals surface area (Å²) in [5.41, 5.74) is 10.8. The average Bonchev–Trinajstić information content (AvgIpc) is 2.46. The lowest BCUT2D eigenvalue weighted by molar-refractivity contribution is 0.869. The molecule has 1 heterocycles. The molecule has 1 aromatic heterocycles. The van der Waals surface area contributed by atoms with Crippen LogP contribution in [0.25, 0.3) is 0 Å². The zero-order valence-corrected chi connectivity index (χ0v) is 12.3. The predicted octanol–water partition coefficient (Wildman–Crippen LogP) is 2.57. The molecule has 0 unspecified atom stereocenters. The first kappa shape index (κ1) is 14.5.